The van der Waals surface area contributed by atoms with Gasteiger partial charge in [0.15, 0.2) is 5.96 Å². The lowest BCUT2D eigenvalue weighted by molar-refractivity contribution is -0.171. The molecule has 0 radical (unpaired) electrons. The van der Waals surface area contributed by atoms with Crippen molar-refractivity contribution in [3.63, 3.8) is 0 Å². The average Bonchev–Trinajstić information content (AvgIpc) is 3.17. The summed E-state index contributed by atoms with van der Waals surface area (Å²) >= 11 is 0. The molecule has 1 spiro atoms. The lowest BCUT2D eigenvalue weighted by atomic mass is 9.46. The summed E-state index contributed by atoms with van der Waals surface area (Å²) in [5.74, 6) is 1.59. The van der Waals surface area contributed by atoms with E-state index in [1.807, 2.05) is 25.7 Å². The van der Waals surface area contributed by atoms with E-state index in [1.54, 1.807) is 0 Å². The van der Waals surface area contributed by atoms with Crippen LogP contribution in [0.3, 0.4) is 0 Å². The topological polar surface area (TPSA) is 75.2 Å². The van der Waals surface area contributed by atoms with Crippen LogP contribution in [0.15, 0.2) is 4.99 Å². The number of piperidine rings is 1. The first-order valence-electron chi connectivity index (χ1n) is 12.5. The van der Waals surface area contributed by atoms with Crippen molar-refractivity contribution in [3.05, 3.63) is 0 Å². The maximum atomic E-state index is 12.8. The summed E-state index contributed by atoms with van der Waals surface area (Å²) in [5.41, 5.74) is -0.102. The third-order valence-corrected chi connectivity index (χ3v) is 8.32. The number of hydrogen-bond donors (Lipinski definition) is 2. The molecule has 5 aliphatic rings. The van der Waals surface area contributed by atoms with E-state index in [9.17, 15) is 4.79 Å². The molecular formula is C24H40N4O3. The van der Waals surface area contributed by atoms with Crippen LogP contribution in [0.5, 0.6) is 0 Å². The third kappa shape index (κ3) is 3.70. The number of rotatable bonds is 3. The van der Waals surface area contributed by atoms with Gasteiger partial charge in [0.25, 0.3) is 0 Å². The summed E-state index contributed by atoms with van der Waals surface area (Å²) in [7, 11) is 0. The van der Waals surface area contributed by atoms with E-state index in [0.29, 0.717) is 29.5 Å². The lowest BCUT2D eigenvalue weighted by Gasteiger charge is -2.63. The van der Waals surface area contributed by atoms with Gasteiger partial charge in [-0.2, -0.15) is 0 Å². The lowest BCUT2D eigenvalue weighted by Crippen LogP contribution is -2.73. The van der Waals surface area contributed by atoms with E-state index in [-0.39, 0.29) is 18.2 Å². The van der Waals surface area contributed by atoms with Crippen LogP contribution in [-0.2, 0) is 9.47 Å². The van der Waals surface area contributed by atoms with Gasteiger partial charge >= 0.3 is 6.09 Å². The molecule has 3 heterocycles. The van der Waals surface area contributed by atoms with E-state index >= 15 is 0 Å². The van der Waals surface area contributed by atoms with Gasteiger partial charge in [0, 0.05) is 48.7 Å². The first-order chi connectivity index (χ1) is 14.8. The fourth-order valence-corrected chi connectivity index (χ4v) is 7.00. The van der Waals surface area contributed by atoms with E-state index in [1.165, 1.54) is 25.7 Å². The van der Waals surface area contributed by atoms with Gasteiger partial charge in [-0.25, -0.2) is 4.79 Å². The molecule has 7 nitrogen and oxygen atoms in total. The summed E-state index contributed by atoms with van der Waals surface area (Å²) < 4.78 is 11.8. The number of hydrogen-bond acceptors (Lipinski definition) is 4. The molecule has 5 rings (SSSR count). The van der Waals surface area contributed by atoms with Gasteiger partial charge in [-0.05, 0) is 72.6 Å². The highest BCUT2D eigenvalue weighted by Gasteiger charge is 2.66. The highest BCUT2D eigenvalue weighted by atomic mass is 16.6. The number of fused-ring (bicyclic) bond motifs is 4. The summed E-state index contributed by atoms with van der Waals surface area (Å²) in [4.78, 5) is 19.6. The third-order valence-electron chi connectivity index (χ3n) is 8.32. The fraction of sp³-hybridized carbons (Fsp3) is 0.917. The Morgan fingerprint density at radius 1 is 1.16 bits per heavy atom. The van der Waals surface area contributed by atoms with Gasteiger partial charge in [-0.15, -0.1) is 0 Å². The predicted octanol–water partition coefficient (Wildman–Crippen LogP) is 3.43. The Labute approximate surface area is 186 Å². The molecule has 0 aromatic rings. The van der Waals surface area contributed by atoms with Gasteiger partial charge in [0.2, 0.25) is 0 Å². The van der Waals surface area contributed by atoms with Crippen LogP contribution < -0.4 is 10.6 Å². The highest BCUT2D eigenvalue weighted by molar-refractivity contribution is 5.81. The summed E-state index contributed by atoms with van der Waals surface area (Å²) in [6.45, 7) is 9.60. The summed E-state index contributed by atoms with van der Waals surface area (Å²) in [6, 6.07) is 1.37. The molecule has 5 atom stereocenters. The van der Waals surface area contributed by atoms with Crippen LogP contribution in [0.25, 0.3) is 0 Å². The van der Waals surface area contributed by atoms with Crippen molar-refractivity contribution >= 4 is 12.1 Å². The zero-order valence-corrected chi connectivity index (χ0v) is 19.7. The first-order valence-corrected chi connectivity index (χ1v) is 12.5. The van der Waals surface area contributed by atoms with E-state index < -0.39 is 5.60 Å². The molecule has 2 N–H and O–H groups in total. The van der Waals surface area contributed by atoms with Crippen LogP contribution >= 0.6 is 0 Å². The maximum absolute atomic E-state index is 12.8. The minimum Gasteiger partial charge on any atom is -0.444 e. The molecule has 3 aliphatic heterocycles. The molecule has 5 fully saturated rings. The van der Waals surface area contributed by atoms with Gasteiger partial charge < -0.3 is 25.0 Å². The molecular weight excluding hydrogens is 392 g/mol. The Hall–Kier alpha value is -1.50. The minimum atomic E-state index is -0.446. The molecule has 174 valence electrons. The van der Waals surface area contributed by atoms with Crippen molar-refractivity contribution in [1.29, 1.82) is 0 Å². The van der Waals surface area contributed by atoms with E-state index in [2.05, 4.69) is 17.6 Å². The van der Waals surface area contributed by atoms with Crippen molar-refractivity contribution in [1.82, 2.24) is 15.5 Å². The number of carbonyl (C=O) groups is 1. The van der Waals surface area contributed by atoms with Crippen LogP contribution in [0.2, 0.25) is 0 Å². The molecule has 0 aromatic heterocycles. The largest absolute Gasteiger partial charge is 0.444 e. The molecule has 0 aromatic carbocycles. The number of amides is 1. The number of carbonyl (C=O) groups excluding carboxylic acids is 1. The predicted molar refractivity (Wildman–Crippen MR) is 120 cm³/mol. The molecule has 3 saturated heterocycles. The number of nitrogens with one attached hydrogen (secondary N) is 2. The second-order valence-corrected chi connectivity index (χ2v) is 11.4. The number of guanidine groups is 1. The Bertz CT molecular complexity index is 715. The van der Waals surface area contributed by atoms with Crippen LogP contribution in [0, 0.1) is 11.3 Å². The summed E-state index contributed by atoms with van der Waals surface area (Å²) in [6.07, 6.45) is 9.45. The molecule has 31 heavy (non-hydrogen) atoms. The average molecular weight is 433 g/mol. The monoisotopic (exact) mass is 432 g/mol. The molecule has 2 bridgehead atoms. The van der Waals surface area contributed by atoms with Crippen LogP contribution in [-0.4, -0.2) is 66.0 Å². The Balaban J connectivity index is 1.21. The smallest absolute Gasteiger partial charge is 0.410 e. The van der Waals surface area contributed by atoms with E-state index in [4.69, 9.17) is 14.5 Å². The molecule has 1 amide bonds. The van der Waals surface area contributed by atoms with Crippen LogP contribution in [0.4, 0.5) is 4.79 Å². The van der Waals surface area contributed by atoms with Gasteiger partial charge in [0.1, 0.15) is 5.60 Å². The van der Waals surface area contributed by atoms with Crippen molar-refractivity contribution < 1.29 is 14.3 Å². The fourth-order valence-electron chi connectivity index (χ4n) is 7.00. The number of nitrogens with zero attached hydrogens (tertiary/aromatic N) is 2. The van der Waals surface area contributed by atoms with Crippen molar-refractivity contribution in [3.8, 4) is 0 Å². The Morgan fingerprint density at radius 2 is 1.87 bits per heavy atom. The van der Waals surface area contributed by atoms with E-state index in [0.717, 1.165) is 44.8 Å². The Kier molecular flexibility index (Phi) is 5.39. The van der Waals surface area contributed by atoms with Crippen molar-refractivity contribution in [2.45, 2.75) is 115 Å². The highest BCUT2D eigenvalue weighted by Crippen LogP contribution is 2.62. The van der Waals surface area contributed by atoms with Gasteiger partial charge in [-0.3, -0.25) is 4.99 Å². The normalized spacial score (nSPS) is 38.3. The zero-order valence-electron chi connectivity index (χ0n) is 19.7. The van der Waals surface area contributed by atoms with Crippen LogP contribution in [0.1, 0.15) is 79.1 Å². The maximum Gasteiger partial charge on any atom is 0.410 e. The standard InChI is InChI=1S/C24H40N4O3/c1-5-25-21(27-19-18-9-12-30-20(18)24(19)10-6-11-24)26-15-13-16-7-8-17(14-15)28(16)22(29)31-23(2,3)4/h15-20H,5-14H2,1-4H3,(H2,25,26,27). The minimum absolute atomic E-state index is 0.146. The first kappa shape index (κ1) is 21.4. The second-order valence-electron chi connectivity index (χ2n) is 11.4. The van der Waals surface area contributed by atoms with Gasteiger partial charge in [-0.1, -0.05) is 6.42 Å². The molecule has 2 aliphatic carbocycles. The molecule has 5 unspecified atom stereocenters. The Morgan fingerprint density at radius 3 is 2.45 bits per heavy atom. The zero-order chi connectivity index (χ0) is 21.8. The van der Waals surface area contributed by atoms with Crippen molar-refractivity contribution in [2.24, 2.45) is 16.3 Å². The second kappa shape index (κ2) is 7.82. The summed E-state index contributed by atoms with van der Waals surface area (Å²) in [5, 5.41) is 7.58. The SMILES string of the molecule is CCN=C(NC1CC2CCC(C1)N2C(=O)OC(C)(C)C)NC1C2CCOC2C12CCC2. The molecule has 7 heteroatoms. The van der Waals surface area contributed by atoms with Crippen molar-refractivity contribution in [2.75, 3.05) is 13.2 Å². The molecule has 2 saturated carbocycles. The number of ether oxygens (including phenoxy) is 2. The number of aliphatic imine (C=N–C) groups is 1. The quantitative estimate of drug-likeness (QED) is 0.528. The van der Waals surface area contributed by atoms with Gasteiger partial charge in [0.05, 0.1) is 6.10 Å².